The SMILES string of the molecule is CN(c1ccccc1)C(CCCN)C(=O)O. The molecule has 0 saturated heterocycles. The van der Waals surface area contributed by atoms with E-state index in [0.29, 0.717) is 19.4 Å². The molecule has 0 radical (unpaired) electrons. The Kier molecular flexibility index (Phi) is 4.79. The van der Waals surface area contributed by atoms with E-state index in [1.54, 1.807) is 11.9 Å². The van der Waals surface area contributed by atoms with Gasteiger partial charge in [-0.3, -0.25) is 0 Å². The Balaban J connectivity index is 2.75. The summed E-state index contributed by atoms with van der Waals surface area (Å²) < 4.78 is 0. The number of rotatable bonds is 6. The molecule has 1 unspecified atom stereocenters. The van der Waals surface area contributed by atoms with Gasteiger partial charge in [0.25, 0.3) is 0 Å². The first-order valence-corrected chi connectivity index (χ1v) is 5.37. The number of nitrogens with two attached hydrogens (primary N) is 1. The lowest BCUT2D eigenvalue weighted by Crippen LogP contribution is -2.38. The zero-order valence-corrected chi connectivity index (χ0v) is 9.47. The molecule has 0 heterocycles. The van der Waals surface area contributed by atoms with Crippen molar-refractivity contribution in [3.05, 3.63) is 30.3 Å². The standard InChI is InChI=1S/C12H18N2O2/c1-14(10-6-3-2-4-7-10)11(12(15)16)8-5-9-13/h2-4,6-7,11H,5,8-9,13H2,1H3,(H,15,16). The predicted octanol–water partition coefficient (Wildman–Crippen LogP) is 1.31. The monoisotopic (exact) mass is 222 g/mol. The third-order valence-corrected chi connectivity index (χ3v) is 2.60. The first-order chi connectivity index (χ1) is 7.66. The number of hydrogen-bond donors (Lipinski definition) is 2. The van der Waals surface area contributed by atoms with E-state index in [9.17, 15) is 4.79 Å². The number of carbonyl (C=O) groups is 1. The van der Waals surface area contributed by atoms with Crippen molar-refractivity contribution in [2.24, 2.45) is 5.73 Å². The maximum atomic E-state index is 11.1. The molecule has 0 fully saturated rings. The Hall–Kier alpha value is -1.55. The van der Waals surface area contributed by atoms with E-state index < -0.39 is 12.0 Å². The van der Waals surface area contributed by atoms with Gasteiger partial charge in [0.15, 0.2) is 0 Å². The van der Waals surface area contributed by atoms with Gasteiger partial charge in [-0.05, 0) is 31.5 Å². The highest BCUT2D eigenvalue weighted by molar-refractivity contribution is 5.78. The van der Waals surface area contributed by atoms with Gasteiger partial charge in [-0.1, -0.05) is 18.2 Å². The van der Waals surface area contributed by atoms with Gasteiger partial charge in [-0.15, -0.1) is 0 Å². The molecular formula is C12H18N2O2. The summed E-state index contributed by atoms with van der Waals surface area (Å²) in [6, 6.07) is 9.00. The van der Waals surface area contributed by atoms with Crippen LogP contribution >= 0.6 is 0 Å². The molecule has 1 atom stereocenters. The first-order valence-electron chi connectivity index (χ1n) is 5.37. The van der Waals surface area contributed by atoms with E-state index in [0.717, 1.165) is 5.69 Å². The minimum Gasteiger partial charge on any atom is -0.480 e. The zero-order valence-electron chi connectivity index (χ0n) is 9.47. The summed E-state index contributed by atoms with van der Waals surface area (Å²) in [5.41, 5.74) is 6.31. The summed E-state index contributed by atoms with van der Waals surface area (Å²) in [6.45, 7) is 0.520. The Labute approximate surface area is 95.7 Å². The molecule has 4 nitrogen and oxygen atoms in total. The third kappa shape index (κ3) is 3.24. The van der Waals surface area contributed by atoms with Gasteiger partial charge < -0.3 is 15.7 Å². The molecule has 0 aliphatic heterocycles. The number of likely N-dealkylation sites (N-methyl/N-ethyl adjacent to an activating group) is 1. The Morgan fingerprint density at radius 3 is 2.56 bits per heavy atom. The highest BCUT2D eigenvalue weighted by Crippen LogP contribution is 2.16. The fourth-order valence-corrected chi connectivity index (χ4v) is 1.64. The number of nitrogens with zero attached hydrogens (tertiary/aromatic N) is 1. The van der Waals surface area contributed by atoms with Crippen LogP contribution in [0.5, 0.6) is 0 Å². The second kappa shape index (κ2) is 6.12. The molecule has 0 aromatic heterocycles. The summed E-state index contributed by atoms with van der Waals surface area (Å²) in [7, 11) is 1.80. The molecule has 1 aromatic rings. The van der Waals surface area contributed by atoms with Gasteiger partial charge >= 0.3 is 5.97 Å². The fourth-order valence-electron chi connectivity index (χ4n) is 1.64. The maximum absolute atomic E-state index is 11.1. The fraction of sp³-hybridized carbons (Fsp3) is 0.417. The van der Waals surface area contributed by atoms with Crippen molar-refractivity contribution in [3.8, 4) is 0 Å². The lowest BCUT2D eigenvalue weighted by molar-refractivity contribution is -0.138. The first kappa shape index (κ1) is 12.5. The van der Waals surface area contributed by atoms with E-state index in [2.05, 4.69) is 0 Å². The van der Waals surface area contributed by atoms with Crippen LogP contribution in [-0.4, -0.2) is 30.7 Å². The van der Waals surface area contributed by atoms with Crippen molar-refractivity contribution in [2.75, 3.05) is 18.5 Å². The van der Waals surface area contributed by atoms with Crippen LogP contribution in [0.25, 0.3) is 0 Å². The molecule has 4 heteroatoms. The number of benzene rings is 1. The van der Waals surface area contributed by atoms with E-state index >= 15 is 0 Å². The van der Waals surface area contributed by atoms with Crippen LogP contribution in [0.15, 0.2) is 30.3 Å². The summed E-state index contributed by atoms with van der Waals surface area (Å²) >= 11 is 0. The molecule has 88 valence electrons. The number of para-hydroxylation sites is 1. The topological polar surface area (TPSA) is 66.6 Å². The quantitative estimate of drug-likeness (QED) is 0.761. The Bertz CT molecular complexity index is 327. The van der Waals surface area contributed by atoms with Crippen molar-refractivity contribution in [1.29, 1.82) is 0 Å². The summed E-state index contributed by atoms with van der Waals surface area (Å²) in [6.07, 6.45) is 1.28. The second-order valence-electron chi connectivity index (χ2n) is 3.73. The van der Waals surface area contributed by atoms with Crippen LogP contribution in [0.4, 0.5) is 5.69 Å². The smallest absolute Gasteiger partial charge is 0.326 e. The average molecular weight is 222 g/mol. The highest BCUT2D eigenvalue weighted by Gasteiger charge is 2.21. The van der Waals surface area contributed by atoms with Crippen molar-refractivity contribution in [2.45, 2.75) is 18.9 Å². The van der Waals surface area contributed by atoms with E-state index in [1.807, 2.05) is 30.3 Å². The number of anilines is 1. The van der Waals surface area contributed by atoms with Gasteiger partial charge in [-0.2, -0.15) is 0 Å². The Morgan fingerprint density at radius 1 is 1.44 bits per heavy atom. The molecule has 1 aromatic carbocycles. The van der Waals surface area contributed by atoms with Crippen molar-refractivity contribution >= 4 is 11.7 Å². The number of carboxylic acids is 1. The van der Waals surface area contributed by atoms with Crippen molar-refractivity contribution < 1.29 is 9.90 Å². The summed E-state index contributed by atoms with van der Waals surface area (Å²) in [5, 5.41) is 9.15. The predicted molar refractivity (Wildman–Crippen MR) is 64.6 cm³/mol. The largest absolute Gasteiger partial charge is 0.480 e. The molecule has 0 amide bonds. The molecule has 0 aliphatic rings. The normalized spacial score (nSPS) is 12.1. The molecule has 0 bridgehead atoms. The second-order valence-corrected chi connectivity index (χ2v) is 3.73. The molecular weight excluding hydrogens is 204 g/mol. The van der Waals surface area contributed by atoms with Crippen LogP contribution in [-0.2, 0) is 4.79 Å². The van der Waals surface area contributed by atoms with Crippen LogP contribution in [0.3, 0.4) is 0 Å². The van der Waals surface area contributed by atoms with Crippen LogP contribution in [0.1, 0.15) is 12.8 Å². The molecule has 0 spiro atoms. The number of aliphatic carboxylic acids is 1. The molecule has 3 N–H and O–H groups in total. The van der Waals surface area contributed by atoms with Gasteiger partial charge in [0, 0.05) is 12.7 Å². The average Bonchev–Trinajstić information content (AvgIpc) is 2.30. The Morgan fingerprint density at radius 2 is 2.06 bits per heavy atom. The van der Waals surface area contributed by atoms with Crippen LogP contribution in [0.2, 0.25) is 0 Å². The van der Waals surface area contributed by atoms with Crippen LogP contribution in [0, 0.1) is 0 Å². The van der Waals surface area contributed by atoms with Gasteiger partial charge in [0.2, 0.25) is 0 Å². The lowest BCUT2D eigenvalue weighted by atomic mass is 10.1. The molecule has 16 heavy (non-hydrogen) atoms. The highest BCUT2D eigenvalue weighted by atomic mass is 16.4. The van der Waals surface area contributed by atoms with Crippen LogP contribution < -0.4 is 10.6 Å². The summed E-state index contributed by atoms with van der Waals surface area (Å²) in [5.74, 6) is -0.806. The maximum Gasteiger partial charge on any atom is 0.326 e. The van der Waals surface area contributed by atoms with E-state index in [1.165, 1.54) is 0 Å². The lowest BCUT2D eigenvalue weighted by Gasteiger charge is -2.26. The van der Waals surface area contributed by atoms with E-state index in [-0.39, 0.29) is 0 Å². The van der Waals surface area contributed by atoms with Crippen molar-refractivity contribution in [1.82, 2.24) is 0 Å². The zero-order chi connectivity index (χ0) is 12.0. The molecule has 0 saturated carbocycles. The number of hydrogen-bond acceptors (Lipinski definition) is 3. The van der Waals surface area contributed by atoms with E-state index in [4.69, 9.17) is 10.8 Å². The van der Waals surface area contributed by atoms with Gasteiger partial charge in [0.05, 0.1) is 0 Å². The van der Waals surface area contributed by atoms with Gasteiger partial charge in [0.1, 0.15) is 6.04 Å². The van der Waals surface area contributed by atoms with Crippen molar-refractivity contribution in [3.63, 3.8) is 0 Å². The minimum absolute atomic E-state index is 0.508. The minimum atomic E-state index is -0.806. The van der Waals surface area contributed by atoms with Gasteiger partial charge in [-0.25, -0.2) is 4.79 Å². The molecule has 1 rings (SSSR count). The third-order valence-electron chi connectivity index (χ3n) is 2.60. The molecule has 0 aliphatic carbocycles. The summed E-state index contributed by atoms with van der Waals surface area (Å²) in [4.78, 5) is 12.9. The number of carboxylic acid groups (broad SMARTS) is 1.